The van der Waals surface area contributed by atoms with Gasteiger partial charge in [-0.25, -0.2) is 4.98 Å². The van der Waals surface area contributed by atoms with E-state index in [-0.39, 0.29) is 0 Å². The zero-order chi connectivity index (χ0) is 13.1. The molecule has 0 saturated carbocycles. The Morgan fingerprint density at radius 3 is 2.72 bits per heavy atom. The molecule has 0 spiro atoms. The second-order valence-electron chi connectivity index (χ2n) is 3.45. The van der Waals surface area contributed by atoms with Gasteiger partial charge >= 0.3 is 0 Å². The van der Waals surface area contributed by atoms with Gasteiger partial charge in [0, 0.05) is 22.4 Å². The molecule has 0 bridgehead atoms. The Balaban J connectivity index is 2.36. The van der Waals surface area contributed by atoms with Crippen LogP contribution in [0.2, 0.25) is 5.02 Å². The first-order valence-electron chi connectivity index (χ1n) is 5.02. The molecular formula is C12H10BrClN2O2. The third-order valence-corrected chi connectivity index (χ3v) is 2.87. The van der Waals surface area contributed by atoms with Crippen molar-refractivity contribution in [3.8, 4) is 17.4 Å². The molecule has 1 aromatic carbocycles. The number of anilines is 1. The minimum absolute atomic E-state index is 0.295. The molecular weight excluding hydrogens is 320 g/mol. The van der Waals surface area contributed by atoms with Crippen LogP contribution in [0.1, 0.15) is 0 Å². The van der Waals surface area contributed by atoms with Gasteiger partial charge in [-0.2, -0.15) is 0 Å². The molecule has 6 heteroatoms. The molecule has 1 aromatic heterocycles. The van der Waals surface area contributed by atoms with Crippen molar-refractivity contribution in [2.45, 2.75) is 0 Å². The molecule has 4 nitrogen and oxygen atoms in total. The maximum Gasteiger partial charge on any atom is 0.238 e. The van der Waals surface area contributed by atoms with Gasteiger partial charge in [-0.1, -0.05) is 11.6 Å². The van der Waals surface area contributed by atoms with E-state index in [0.717, 1.165) is 4.47 Å². The molecule has 94 valence electrons. The lowest BCUT2D eigenvalue weighted by Crippen LogP contribution is -1.94. The first-order chi connectivity index (χ1) is 8.60. The molecule has 2 rings (SSSR count). The largest absolute Gasteiger partial charge is 0.493 e. The number of rotatable bonds is 3. The highest BCUT2D eigenvalue weighted by Gasteiger charge is 2.10. The van der Waals surface area contributed by atoms with E-state index in [1.807, 2.05) is 0 Å². The van der Waals surface area contributed by atoms with Crippen LogP contribution in [0.15, 0.2) is 34.9 Å². The molecule has 0 radical (unpaired) electrons. The van der Waals surface area contributed by atoms with E-state index >= 15 is 0 Å². The molecule has 18 heavy (non-hydrogen) atoms. The van der Waals surface area contributed by atoms with E-state index in [1.54, 1.807) is 37.6 Å². The lowest BCUT2D eigenvalue weighted by atomic mass is 10.3. The lowest BCUT2D eigenvalue weighted by molar-refractivity contribution is 0.374. The van der Waals surface area contributed by atoms with Crippen molar-refractivity contribution in [2.75, 3.05) is 12.8 Å². The van der Waals surface area contributed by atoms with Crippen molar-refractivity contribution < 1.29 is 9.47 Å². The van der Waals surface area contributed by atoms with Crippen LogP contribution in [0.25, 0.3) is 0 Å². The first-order valence-corrected chi connectivity index (χ1v) is 6.19. The van der Waals surface area contributed by atoms with E-state index < -0.39 is 0 Å². The molecule has 0 saturated heterocycles. The molecule has 0 fully saturated rings. The topological polar surface area (TPSA) is 57.4 Å². The van der Waals surface area contributed by atoms with Crippen molar-refractivity contribution in [1.29, 1.82) is 0 Å². The quantitative estimate of drug-likeness (QED) is 0.868. The monoisotopic (exact) mass is 328 g/mol. The average Bonchev–Trinajstić information content (AvgIpc) is 2.33. The van der Waals surface area contributed by atoms with Gasteiger partial charge in [0.1, 0.15) is 5.02 Å². The predicted molar refractivity (Wildman–Crippen MR) is 74.4 cm³/mol. The van der Waals surface area contributed by atoms with Crippen LogP contribution >= 0.6 is 27.5 Å². The molecule has 2 N–H and O–H groups in total. The standard InChI is InChI=1S/C12H10BrClN2O2/c1-17-10-3-2-8(15)5-11(10)18-12-9(14)4-7(13)6-16-12/h2-6H,15H2,1H3. The van der Waals surface area contributed by atoms with Crippen molar-refractivity contribution in [1.82, 2.24) is 4.98 Å². The zero-order valence-corrected chi connectivity index (χ0v) is 11.8. The summed E-state index contributed by atoms with van der Waals surface area (Å²) in [6.45, 7) is 0. The van der Waals surface area contributed by atoms with Gasteiger partial charge in [-0.05, 0) is 34.1 Å². The summed E-state index contributed by atoms with van der Waals surface area (Å²) >= 11 is 9.30. The molecule has 1 heterocycles. The number of hydrogen-bond acceptors (Lipinski definition) is 4. The van der Waals surface area contributed by atoms with Crippen molar-refractivity contribution in [3.05, 3.63) is 40.0 Å². The Hall–Kier alpha value is -1.46. The summed E-state index contributed by atoms with van der Waals surface area (Å²) in [5, 5.41) is 0.397. The number of halogens is 2. The van der Waals surface area contributed by atoms with E-state index in [1.165, 1.54) is 0 Å². The van der Waals surface area contributed by atoms with Gasteiger partial charge < -0.3 is 15.2 Å². The Bertz CT molecular complexity index is 578. The zero-order valence-electron chi connectivity index (χ0n) is 9.48. The van der Waals surface area contributed by atoms with Gasteiger partial charge in [0.2, 0.25) is 5.88 Å². The fourth-order valence-corrected chi connectivity index (χ4v) is 2.02. The summed E-state index contributed by atoms with van der Waals surface area (Å²) < 4.78 is 11.6. The highest BCUT2D eigenvalue weighted by atomic mass is 79.9. The van der Waals surface area contributed by atoms with E-state index in [2.05, 4.69) is 20.9 Å². The summed E-state index contributed by atoms with van der Waals surface area (Å²) in [7, 11) is 1.55. The summed E-state index contributed by atoms with van der Waals surface area (Å²) in [5.41, 5.74) is 6.27. The normalized spacial score (nSPS) is 10.2. The number of nitrogens with zero attached hydrogens (tertiary/aromatic N) is 1. The molecule has 2 aromatic rings. The van der Waals surface area contributed by atoms with Crippen LogP contribution in [-0.2, 0) is 0 Å². The van der Waals surface area contributed by atoms with Gasteiger partial charge in [0.15, 0.2) is 11.5 Å². The van der Waals surface area contributed by atoms with E-state index in [9.17, 15) is 0 Å². The van der Waals surface area contributed by atoms with Crippen LogP contribution in [0.4, 0.5) is 5.69 Å². The summed E-state index contributed by atoms with van der Waals surface area (Å²) in [4.78, 5) is 4.08. The second-order valence-corrected chi connectivity index (χ2v) is 4.78. The van der Waals surface area contributed by atoms with Gasteiger partial charge in [-0.3, -0.25) is 0 Å². The molecule has 0 aliphatic rings. The summed E-state index contributed by atoms with van der Waals surface area (Å²) in [5.74, 6) is 1.32. The number of benzene rings is 1. The van der Waals surface area contributed by atoms with E-state index in [4.69, 9.17) is 26.8 Å². The van der Waals surface area contributed by atoms with Gasteiger partial charge in [-0.15, -0.1) is 0 Å². The number of hydrogen-bond donors (Lipinski definition) is 1. The maximum atomic E-state index is 6.03. The number of pyridine rings is 1. The minimum atomic E-state index is 0.295. The third-order valence-electron chi connectivity index (χ3n) is 2.17. The number of ether oxygens (including phenoxy) is 2. The minimum Gasteiger partial charge on any atom is -0.493 e. The van der Waals surface area contributed by atoms with Crippen LogP contribution in [0.5, 0.6) is 17.4 Å². The lowest BCUT2D eigenvalue weighted by Gasteiger charge is -2.11. The van der Waals surface area contributed by atoms with Crippen LogP contribution in [0, 0.1) is 0 Å². The van der Waals surface area contributed by atoms with Crippen molar-refractivity contribution in [3.63, 3.8) is 0 Å². The Kier molecular flexibility index (Phi) is 3.93. The fourth-order valence-electron chi connectivity index (χ4n) is 1.35. The Morgan fingerprint density at radius 2 is 2.06 bits per heavy atom. The number of nitrogens with two attached hydrogens (primary N) is 1. The maximum absolute atomic E-state index is 6.03. The molecule has 0 atom stereocenters. The Labute approximate surface area is 118 Å². The van der Waals surface area contributed by atoms with Crippen molar-refractivity contribution >= 4 is 33.2 Å². The molecule has 0 aliphatic carbocycles. The van der Waals surface area contributed by atoms with Gasteiger partial charge in [0.25, 0.3) is 0 Å². The number of aromatic nitrogens is 1. The third kappa shape index (κ3) is 2.86. The Morgan fingerprint density at radius 1 is 1.28 bits per heavy atom. The van der Waals surface area contributed by atoms with Crippen molar-refractivity contribution in [2.24, 2.45) is 0 Å². The van der Waals surface area contributed by atoms with Crippen LogP contribution in [0.3, 0.4) is 0 Å². The van der Waals surface area contributed by atoms with Crippen LogP contribution in [-0.4, -0.2) is 12.1 Å². The van der Waals surface area contributed by atoms with E-state index in [0.29, 0.717) is 28.1 Å². The van der Waals surface area contributed by atoms with Crippen LogP contribution < -0.4 is 15.2 Å². The number of nitrogen functional groups attached to an aromatic ring is 1. The average molecular weight is 330 g/mol. The molecule has 0 amide bonds. The molecule has 0 unspecified atom stereocenters. The second kappa shape index (κ2) is 5.46. The highest BCUT2D eigenvalue weighted by molar-refractivity contribution is 9.10. The molecule has 0 aliphatic heterocycles. The smallest absolute Gasteiger partial charge is 0.238 e. The highest BCUT2D eigenvalue weighted by Crippen LogP contribution is 2.35. The first kappa shape index (κ1) is 13.0. The number of methoxy groups -OCH3 is 1. The summed E-state index contributed by atoms with van der Waals surface area (Å²) in [6.07, 6.45) is 1.60. The SMILES string of the molecule is COc1ccc(N)cc1Oc1ncc(Br)cc1Cl. The predicted octanol–water partition coefficient (Wildman–Crippen LogP) is 3.88. The fraction of sp³-hybridized carbons (Fsp3) is 0.0833. The van der Waals surface area contributed by atoms with Gasteiger partial charge in [0.05, 0.1) is 7.11 Å². The summed E-state index contributed by atoms with van der Waals surface area (Å²) in [6, 6.07) is 6.79.